The molecule has 0 N–H and O–H groups in total. The molecule has 0 aliphatic carbocycles. The molecule has 0 aromatic heterocycles. The van der Waals surface area contributed by atoms with Crippen LogP contribution in [-0.4, -0.2) is 20.8 Å². The molecule has 2 aromatic carbocycles. The summed E-state index contributed by atoms with van der Waals surface area (Å²) in [5.74, 6) is 0. The molecular weight excluding hydrogens is 353 g/mol. The first kappa shape index (κ1) is 16.9. The van der Waals surface area contributed by atoms with Gasteiger partial charge in [-0.25, -0.2) is 16.8 Å². The number of hydrogen-bond donors (Lipinski definition) is 0. The molecule has 0 bridgehead atoms. The van der Waals surface area contributed by atoms with Gasteiger partial charge < -0.3 is 0 Å². The molecule has 2 rings (SSSR count). The van der Waals surface area contributed by atoms with Crippen molar-refractivity contribution in [3.63, 3.8) is 0 Å². The van der Waals surface area contributed by atoms with Gasteiger partial charge in [-0.15, -0.1) is 4.48 Å². The minimum Gasteiger partial charge on any atom is -0.203 e. The summed E-state index contributed by atoms with van der Waals surface area (Å²) in [4.78, 5) is -0.938. The van der Waals surface area contributed by atoms with Crippen molar-refractivity contribution in [1.29, 1.82) is 0 Å². The van der Waals surface area contributed by atoms with Gasteiger partial charge in [-0.2, -0.15) is 0 Å². The largest absolute Gasteiger partial charge is 0.283 e. The van der Waals surface area contributed by atoms with Gasteiger partial charge >= 0.3 is 0 Å². The van der Waals surface area contributed by atoms with Crippen molar-refractivity contribution >= 4 is 31.6 Å². The molecule has 0 saturated carbocycles. The average molecular weight is 364 g/mol. The first-order chi connectivity index (χ1) is 10.2. The minimum absolute atomic E-state index is 0.233. The number of halogens is 2. The maximum absolute atomic E-state index is 14.2. The highest BCUT2D eigenvalue weighted by Crippen LogP contribution is 2.27. The average Bonchev–Trinajstić information content (AvgIpc) is 2.47. The van der Waals surface area contributed by atoms with Crippen LogP contribution in [0.4, 0.5) is 4.48 Å². The predicted octanol–water partition coefficient (Wildman–Crippen LogP) is 2.91. The zero-order valence-electron chi connectivity index (χ0n) is 11.3. The maximum Gasteiger partial charge on any atom is 0.283 e. The molecule has 0 aliphatic rings. The second-order valence-corrected chi connectivity index (χ2v) is 8.50. The lowest BCUT2D eigenvalue weighted by Gasteiger charge is -2.14. The first-order valence-corrected chi connectivity index (χ1v) is 9.20. The highest BCUT2D eigenvalue weighted by Gasteiger charge is 2.38. The Labute approximate surface area is 133 Å². The maximum atomic E-state index is 14.2. The van der Waals surface area contributed by atoms with Crippen molar-refractivity contribution in [3.8, 4) is 0 Å². The summed E-state index contributed by atoms with van der Waals surface area (Å²) >= 11 is 5.63. The molecular formula is C13H11ClFNO4S2. The molecule has 9 heteroatoms. The molecule has 0 saturated heterocycles. The van der Waals surface area contributed by atoms with E-state index in [1.165, 1.54) is 31.2 Å². The lowest BCUT2D eigenvalue weighted by molar-refractivity contribution is 0.250. The number of rotatable bonds is 4. The number of benzene rings is 2. The van der Waals surface area contributed by atoms with E-state index in [0.717, 1.165) is 18.2 Å². The Balaban J connectivity index is 2.53. The molecule has 0 radical (unpaired) electrons. The molecule has 2 aromatic rings. The van der Waals surface area contributed by atoms with E-state index in [1.807, 2.05) is 0 Å². The molecule has 0 aliphatic heterocycles. The fraction of sp³-hybridized carbons (Fsp3) is 0.0769. The summed E-state index contributed by atoms with van der Waals surface area (Å²) in [6.45, 7) is 1.44. The topological polar surface area (TPSA) is 71.5 Å². The SMILES string of the molecule is Cc1ccccc1S(=O)(=O)N(F)S(=O)(=O)c1ccc(Cl)cc1. The Morgan fingerprint density at radius 2 is 1.45 bits per heavy atom. The summed E-state index contributed by atoms with van der Waals surface area (Å²) in [6, 6.07) is 10.0. The lowest BCUT2D eigenvalue weighted by Crippen LogP contribution is -2.30. The van der Waals surface area contributed by atoms with Gasteiger partial charge in [0.05, 0.1) is 13.7 Å². The molecule has 0 fully saturated rings. The van der Waals surface area contributed by atoms with E-state index in [4.69, 9.17) is 11.6 Å². The zero-order valence-corrected chi connectivity index (χ0v) is 13.7. The van der Waals surface area contributed by atoms with Gasteiger partial charge in [0.2, 0.25) is 0 Å². The van der Waals surface area contributed by atoms with E-state index >= 15 is 0 Å². The molecule has 0 atom stereocenters. The number of nitrogens with zero attached hydrogens (tertiary/aromatic N) is 1. The summed E-state index contributed by atoms with van der Waals surface area (Å²) < 4.78 is 61.7. The Morgan fingerprint density at radius 1 is 0.909 bits per heavy atom. The van der Waals surface area contributed by atoms with E-state index in [2.05, 4.69) is 0 Å². The highest BCUT2D eigenvalue weighted by molar-refractivity contribution is 8.03. The third-order valence-corrected chi connectivity index (χ3v) is 6.93. The van der Waals surface area contributed by atoms with Crippen molar-refractivity contribution in [3.05, 3.63) is 59.1 Å². The van der Waals surface area contributed by atoms with Gasteiger partial charge in [0, 0.05) is 5.02 Å². The molecule has 118 valence electrons. The molecule has 0 spiro atoms. The van der Waals surface area contributed by atoms with E-state index in [1.54, 1.807) is 6.07 Å². The van der Waals surface area contributed by atoms with Crippen molar-refractivity contribution in [2.45, 2.75) is 16.7 Å². The lowest BCUT2D eigenvalue weighted by atomic mass is 10.2. The quantitative estimate of drug-likeness (QED) is 0.783. The van der Waals surface area contributed by atoms with Crippen LogP contribution in [0.3, 0.4) is 0 Å². The van der Waals surface area contributed by atoms with Gasteiger partial charge in [0.1, 0.15) is 0 Å². The molecule has 5 nitrogen and oxygen atoms in total. The number of aryl methyl sites for hydroxylation is 1. The second kappa shape index (κ2) is 5.96. The van der Waals surface area contributed by atoms with Crippen LogP contribution in [0.1, 0.15) is 5.56 Å². The van der Waals surface area contributed by atoms with Crippen LogP contribution in [0.25, 0.3) is 0 Å². The summed E-state index contributed by atoms with van der Waals surface area (Å²) in [5, 5.41) is 0.242. The zero-order chi connectivity index (χ0) is 16.5. The summed E-state index contributed by atoms with van der Waals surface area (Å²) in [7, 11) is -9.70. The Hall–Kier alpha value is -1.48. The molecule has 0 unspecified atom stereocenters. The van der Waals surface area contributed by atoms with Gasteiger partial charge in [-0.3, -0.25) is 0 Å². The third-order valence-electron chi connectivity index (χ3n) is 2.86. The minimum atomic E-state index is -4.86. The monoisotopic (exact) mass is 363 g/mol. The van der Waals surface area contributed by atoms with Crippen molar-refractivity contribution < 1.29 is 21.3 Å². The molecule has 0 amide bonds. The Bertz CT molecular complexity index is 896. The normalized spacial score (nSPS) is 12.5. The van der Waals surface area contributed by atoms with Gasteiger partial charge in [-0.1, -0.05) is 29.8 Å². The summed E-state index contributed by atoms with van der Waals surface area (Å²) in [5.41, 5.74) is 0.233. The van der Waals surface area contributed by atoms with Crippen LogP contribution in [-0.2, 0) is 20.0 Å². The highest BCUT2D eigenvalue weighted by atomic mass is 35.5. The van der Waals surface area contributed by atoms with Crippen LogP contribution in [0.2, 0.25) is 5.02 Å². The van der Waals surface area contributed by atoms with Gasteiger partial charge in [-0.05, 0) is 42.8 Å². The van der Waals surface area contributed by atoms with Crippen molar-refractivity contribution in [2.75, 3.05) is 0 Å². The van der Waals surface area contributed by atoms with Crippen molar-refractivity contribution in [1.82, 2.24) is 3.93 Å². The van der Waals surface area contributed by atoms with Gasteiger partial charge in [0.15, 0.2) is 0 Å². The first-order valence-electron chi connectivity index (χ1n) is 5.95. The molecule has 0 heterocycles. The summed E-state index contributed by atoms with van der Waals surface area (Å²) in [6.07, 6.45) is 0. The van der Waals surface area contributed by atoms with E-state index in [9.17, 15) is 21.3 Å². The fourth-order valence-electron chi connectivity index (χ4n) is 1.74. The number of hydrogen-bond acceptors (Lipinski definition) is 4. The fourth-order valence-corrected chi connectivity index (χ4v) is 4.93. The van der Waals surface area contributed by atoms with E-state index < -0.39 is 33.8 Å². The van der Waals surface area contributed by atoms with Crippen LogP contribution in [0, 0.1) is 6.92 Å². The van der Waals surface area contributed by atoms with Crippen LogP contribution in [0.15, 0.2) is 58.3 Å². The smallest absolute Gasteiger partial charge is 0.203 e. The third kappa shape index (κ3) is 3.00. The van der Waals surface area contributed by atoms with Crippen LogP contribution < -0.4 is 0 Å². The Morgan fingerprint density at radius 3 is 2.00 bits per heavy atom. The van der Waals surface area contributed by atoms with Crippen LogP contribution in [0.5, 0.6) is 0 Å². The second-order valence-electron chi connectivity index (χ2n) is 4.38. The predicted molar refractivity (Wildman–Crippen MR) is 79.9 cm³/mol. The van der Waals surface area contributed by atoms with Crippen LogP contribution >= 0.6 is 11.6 Å². The van der Waals surface area contributed by atoms with Gasteiger partial charge in [0.25, 0.3) is 20.0 Å². The standard InChI is InChI=1S/C13H11ClFNO4S2/c1-10-4-2-3-5-13(10)22(19,20)16(15)21(17,18)12-8-6-11(14)7-9-12/h2-9H,1H3. The van der Waals surface area contributed by atoms with E-state index in [-0.39, 0.29) is 10.6 Å². The number of sulfonamides is 2. The molecule has 22 heavy (non-hydrogen) atoms. The van der Waals surface area contributed by atoms with Crippen molar-refractivity contribution in [2.24, 2.45) is 0 Å². The van der Waals surface area contributed by atoms with E-state index in [0.29, 0.717) is 0 Å². The Kier molecular flexibility index (Phi) is 4.57.